The van der Waals surface area contributed by atoms with Crippen LogP contribution in [0.25, 0.3) is 10.9 Å². The molecule has 0 atom stereocenters. The van der Waals surface area contributed by atoms with Gasteiger partial charge in [0.1, 0.15) is 5.75 Å². The van der Waals surface area contributed by atoms with E-state index in [1.807, 2.05) is 42.5 Å². The van der Waals surface area contributed by atoms with Crippen molar-refractivity contribution in [2.45, 2.75) is 12.8 Å². The van der Waals surface area contributed by atoms with E-state index in [0.717, 1.165) is 24.2 Å². The fourth-order valence-corrected chi connectivity index (χ4v) is 4.04. The number of hydrogen-bond acceptors (Lipinski definition) is 5. The second kappa shape index (κ2) is 9.66. The lowest BCUT2D eigenvalue weighted by Gasteiger charge is -2.17. The number of H-pyrrole nitrogens is 1. The van der Waals surface area contributed by atoms with Crippen molar-refractivity contribution in [3.8, 4) is 5.75 Å². The van der Waals surface area contributed by atoms with Crippen LogP contribution in [0.1, 0.15) is 23.2 Å². The van der Waals surface area contributed by atoms with Crippen LogP contribution in [-0.4, -0.2) is 41.7 Å². The van der Waals surface area contributed by atoms with Crippen molar-refractivity contribution >= 4 is 39.9 Å². The van der Waals surface area contributed by atoms with Crippen LogP contribution in [0.2, 0.25) is 0 Å². The molecule has 2 heterocycles. The van der Waals surface area contributed by atoms with Crippen molar-refractivity contribution in [3.05, 3.63) is 78.4 Å². The number of anilines is 3. The Morgan fingerprint density at radius 2 is 1.71 bits per heavy atom. The van der Waals surface area contributed by atoms with Crippen molar-refractivity contribution in [2.24, 2.45) is 0 Å². The molecule has 0 radical (unpaired) electrons. The fourth-order valence-electron chi connectivity index (χ4n) is 4.04. The molecular formula is C26H25N5O3. The highest BCUT2D eigenvalue weighted by atomic mass is 16.5. The van der Waals surface area contributed by atoms with Gasteiger partial charge in [-0.2, -0.15) is 5.10 Å². The van der Waals surface area contributed by atoms with Gasteiger partial charge in [-0.25, -0.2) is 4.79 Å². The first-order chi connectivity index (χ1) is 16.7. The fraction of sp³-hybridized carbons (Fsp3) is 0.192. The summed E-state index contributed by atoms with van der Waals surface area (Å²) in [4.78, 5) is 27.2. The van der Waals surface area contributed by atoms with E-state index in [0.29, 0.717) is 28.3 Å². The van der Waals surface area contributed by atoms with Crippen LogP contribution in [-0.2, 0) is 0 Å². The minimum Gasteiger partial charge on any atom is -0.485 e. The maximum Gasteiger partial charge on any atom is 0.324 e. The first-order valence-electron chi connectivity index (χ1n) is 11.3. The SMILES string of the molecule is O=C(Nc1ccccc1)Nc1n[nH]c2cc(OCC(=O)c3ccc(N4CCCC4)cc3)ccc12. The normalized spacial score (nSPS) is 13.1. The Morgan fingerprint density at radius 3 is 2.47 bits per heavy atom. The largest absolute Gasteiger partial charge is 0.485 e. The summed E-state index contributed by atoms with van der Waals surface area (Å²) in [6.45, 7) is 2.08. The second-order valence-electron chi connectivity index (χ2n) is 8.18. The molecule has 8 nitrogen and oxygen atoms in total. The Hall–Kier alpha value is -4.33. The maximum absolute atomic E-state index is 12.6. The predicted octanol–water partition coefficient (Wildman–Crippen LogP) is 5.07. The molecule has 1 saturated heterocycles. The summed E-state index contributed by atoms with van der Waals surface area (Å²) in [6, 6.07) is 21.8. The molecule has 1 aliphatic rings. The Bertz CT molecular complexity index is 1300. The zero-order chi connectivity index (χ0) is 23.3. The summed E-state index contributed by atoms with van der Waals surface area (Å²) in [5.74, 6) is 0.861. The third kappa shape index (κ3) is 4.85. The molecule has 0 saturated carbocycles. The van der Waals surface area contributed by atoms with E-state index in [1.54, 1.807) is 30.3 Å². The number of benzene rings is 3. The molecule has 1 fully saturated rings. The van der Waals surface area contributed by atoms with Gasteiger partial charge >= 0.3 is 6.03 Å². The Kier molecular flexibility index (Phi) is 6.11. The van der Waals surface area contributed by atoms with Gasteiger partial charge < -0.3 is 15.0 Å². The Morgan fingerprint density at radius 1 is 0.941 bits per heavy atom. The highest BCUT2D eigenvalue weighted by molar-refractivity contribution is 6.04. The van der Waals surface area contributed by atoms with E-state index < -0.39 is 0 Å². The lowest BCUT2D eigenvalue weighted by atomic mass is 10.1. The third-order valence-electron chi connectivity index (χ3n) is 5.83. The number of para-hydroxylation sites is 1. The maximum atomic E-state index is 12.6. The lowest BCUT2D eigenvalue weighted by molar-refractivity contribution is 0.0921. The zero-order valence-corrected chi connectivity index (χ0v) is 18.6. The summed E-state index contributed by atoms with van der Waals surface area (Å²) in [5.41, 5.74) is 3.16. The van der Waals surface area contributed by atoms with Gasteiger partial charge in [0.2, 0.25) is 0 Å². The highest BCUT2D eigenvalue weighted by Gasteiger charge is 2.14. The molecule has 0 aliphatic carbocycles. The van der Waals surface area contributed by atoms with Gasteiger partial charge in [-0.1, -0.05) is 18.2 Å². The van der Waals surface area contributed by atoms with E-state index in [9.17, 15) is 9.59 Å². The van der Waals surface area contributed by atoms with E-state index in [2.05, 4.69) is 25.7 Å². The highest BCUT2D eigenvalue weighted by Crippen LogP contribution is 2.25. The summed E-state index contributed by atoms with van der Waals surface area (Å²) in [6.07, 6.45) is 2.43. The summed E-state index contributed by atoms with van der Waals surface area (Å²) < 4.78 is 5.72. The van der Waals surface area contributed by atoms with Crippen LogP contribution in [0.5, 0.6) is 5.75 Å². The number of carbonyl (C=O) groups is 2. The number of nitrogens with zero attached hydrogens (tertiary/aromatic N) is 2. The van der Waals surface area contributed by atoms with Crippen molar-refractivity contribution < 1.29 is 14.3 Å². The van der Waals surface area contributed by atoms with Crippen molar-refractivity contribution in [3.63, 3.8) is 0 Å². The summed E-state index contributed by atoms with van der Waals surface area (Å²) in [5, 5.41) is 13.3. The number of amides is 2. The number of urea groups is 1. The first kappa shape index (κ1) is 21.5. The molecule has 3 N–H and O–H groups in total. The van der Waals surface area contributed by atoms with Crippen molar-refractivity contribution in [2.75, 3.05) is 35.2 Å². The van der Waals surface area contributed by atoms with Gasteiger partial charge in [0.15, 0.2) is 18.2 Å². The van der Waals surface area contributed by atoms with Crippen LogP contribution in [0.15, 0.2) is 72.8 Å². The number of ether oxygens (including phenoxy) is 1. The number of carbonyl (C=O) groups excluding carboxylic acids is 2. The molecule has 3 aromatic carbocycles. The minimum absolute atomic E-state index is 0.0622. The van der Waals surface area contributed by atoms with E-state index in [4.69, 9.17) is 4.74 Å². The quantitative estimate of drug-likeness (QED) is 0.338. The number of aromatic nitrogens is 2. The van der Waals surface area contributed by atoms with Crippen LogP contribution >= 0.6 is 0 Å². The van der Waals surface area contributed by atoms with Crippen molar-refractivity contribution in [1.82, 2.24) is 10.2 Å². The first-order valence-corrected chi connectivity index (χ1v) is 11.3. The number of Topliss-reactive ketones (excluding diaryl/α,β-unsaturated/α-hetero) is 1. The standard InChI is InChI=1S/C26H25N5O3/c32-24(18-8-10-20(11-9-18)31-14-4-5-15-31)17-34-21-12-13-22-23(16-21)29-30-25(22)28-26(33)27-19-6-2-1-3-7-19/h1-3,6-13,16H,4-5,14-15,17H2,(H3,27,28,29,30,33). The average molecular weight is 456 g/mol. The molecule has 8 heteroatoms. The Labute approximate surface area is 196 Å². The van der Waals surface area contributed by atoms with Crippen molar-refractivity contribution in [1.29, 1.82) is 0 Å². The van der Waals surface area contributed by atoms with Crippen LogP contribution in [0, 0.1) is 0 Å². The van der Waals surface area contributed by atoms with Gasteiger partial charge in [-0.3, -0.25) is 15.2 Å². The zero-order valence-electron chi connectivity index (χ0n) is 18.6. The number of nitrogens with one attached hydrogen (secondary N) is 3. The van der Waals surface area contributed by atoms with E-state index >= 15 is 0 Å². The third-order valence-corrected chi connectivity index (χ3v) is 5.83. The second-order valence-corrected chi connectivity index (χ2v) is 8.18. The number of aromatic amines is 1. The average Bonchev–Trinajstić information content (AvgIpc) is 3.54. The van der Waals surface area contributed by atoms with Gasteiger partial charge in [-0.15, -0.1) is 0 Å². The van der Waals surface area contributed by atoms with Gasteiger partial charge in [0.05, 0.1) is 5.52 Å². The summed E-state index contributed by atoms with van der Waals surface area (Å²) in [7, 11) is 0. The molecule has 34 heavy (non-hydrogen) atoms. The molecule has 2 amide bonds. The van der Waals surface area contributed by atoms with Crippen LogP contribution in [0.4, 0.5) is 22.0 Å². The summed E-state index contributed by atoms with van der Waals surface area (Å²) >= 11 is 0. The molecule has 0 spiro atoms. The topological polar surface area (TPSA) is 99.4 Å². The molecule has 1 aromatic heterocycles. The molecule has 0 bridgehead atoms. The number of rotatable bonds is 7. The monoisotopic (exact) mass is 455 g/mol. The van der Waals surface area contributed by atoms with Gasteiger partial charge in [0, 0.05) is 41.5 Å². The van der Waals surface area contributed by atoms with Gasteiger partial charge in [-0.05, 0) is 61.4 Å². The van der Waals surface area contributed by atoms with E-state index in [1.165, 1.54) is 12.8 Å². The molecular weight excluding hydrogens is 430 g/mol. The van der Waals surface area contributed by atoms with E-state index in [-0.39, 0.29) is 18.4 Å². The number of hydrogen-bond donors (Lipinski definition) is 3. The van der Waals surface area contributed by atoms with Gasteiger partial charge in [0.25, 0.3) is 0 Å². The molecule has 172 valence electrons. The smallest absolute Gasteiger partial charge is 0.324 e. The van der Waals surface area contributed by atoms with Crippen LogP contribution < -0.4 is 20.3 Å². The molecule has 5 rings (SSSR count). The predicted molar refractivity (Wildman–Crippen MR) is 133 cm³/mol. The minimum atomic E-state index is -0.388. The number of ketones is 1. The Balaban J connectivity index is 1.18. The lowest BCUT2D eigenvalue weighted by Crippen LogP contribution is -2.19. The molecule has 4 aromatic rings. The molecule has 1 aliphatic heterocycles. The number of fused-ring (bicyclic) bond motifs is 1. The van der Waals surface area contributed by atoms with Crippen LogP contribution in [0.3, 0.4) is 0 Å². The molecule has 0 unspecified atom stereocenters.